The van der Waals surface area contributed by atoms with Gasteiger partial charge in [-0.2, -0.15) is 0 Å². The van der Waals surface area contributed by atoms with Crippen LogP contribution in [0.3, 0.4) is 0 Å². The Hall–Kier alpha value is -2.48. The quantitative estimate of drug-likeness (QED) is 0.696. The number of likely N-dealkylation sites (tertiary alicyclic amines) is 1. The molecule has 1 saturated heterocycles. The van der Waals surface area contributed by atoms with Gasteiger partial charge in [-0.05, 0) is 42.3 Å². The number of nitrogens with one attached hydrogen (secondary N) is 1. The van der Waals surface area contributed by atoms with E-state index in [-0.39, 0.29) is 29.2 Å². The number of benzene rings is 2. The second kappa shape index (κ2) is 8.68. The second-order valence-corrected chi connectivity index (χ2v) is 8.65. The van der Waals surface area contributed by atoms with Gasteiger partial charge in [0.15, 0.2) is 0 Å². The molecule has 0 unspecified atom stereocenters. The molecule has 3 rings (SSSR count). The minimum absolute atomic E-state index is 0.111. The van der Waals surface area contributed by atoms with Crippen LogP contribution >= 0.6 is 0 Å². The van der Waals surface area contributed by atoms with Crippen molar-refractivity contribution in [3.05, 3.63) is 78.4 Å². The third kappa shape index (κ3) is 4.32. The van der Waals surface area contributed by atoms with Crippen molar-refractivity contribution in [1.29, 1.82) is 0 Å². The van der Waals surface area contributed by atoms with Crippen LogP contribution < -0.4 is 10.5 Å². The number of nitrogens with two attached hydrogens (primary N) is 1. The Balaban J connectivity index is 1.74. The fraction of sp³-hybridized carbons (Fsp3) is 0.286. The zero-order valence-electron chi connectivity index (χ0n) is 15.6. The van der Waals surface area contributed by atoms with Gasteiger partial charge >= 0.3 is 0 Å². The molecule has 0 spiro atoms. The molecule has 0 aliphatic carbocycles. The van der Waals surface area contributed by atoms with E-state index in [1.165, 1.54) is 23.8 Å². The van der Waals surface area contributed by atoms with Gasteiger partial charge in [-0.3, -0.25) is 4.79 Å². The monoisotopic (exact) mass is 399 g/mol. The molecule has 0 aromatic heterocycles. The van der Waals surface area contributed by atoms with Crippen LogP contribution in [0.4, 0.5) is 0 Å². The topological polar surface area (TPSA) is 92.5 Å². The molecule has 2 aromatic rings. The van der Waals surface area contributed by atoms with E-state index in [1.807, 2.05) is 18.2 Å². The molecule has 1 fully saturated rings. The molecule has 1 aliphatic heterocycles. The van der Waals surface area contributed by atoms with E-state index in [0.717, 1.165) is 0 Å². The highest BCUT2D eigenvalue weighted by atomic mass is 32.2. The number of rotatable bonds is 7. The smallest absolute Gasteiger partial charge is 0.253 e. The summed E-state index contributed by atoms with van der Waals surface area (Å²) in [5.74, 6) is 0.298. The van der Waals surface area contributed by atoms with Gasteiger partial charge in [0.05, 0.1) is 4.90 Å². The van der Waals surface area contributed by atoms with E-state index in [2.05, 4.69) is 23.4 Å². The van der Waals surface area contributed by atoms with E-state index in [1.54, 1.807) is 17.0 Å². The Kier molecular flexibility index (Phi) is 6.28. The van der Waals surface area contributed by atoms with Crippen LogP contribution in [0.5, 0.6) is 0 Å². The maximum atomic E-state index is 12.9. The normalized spacial score (nSPS) is 19.5. The molecule has 28 heavy (non-hydrogen) atoms. The first-order valence-corrected chi connectivity index (χ1v) is 10.7. The molecule has 6 nitrogen and oxygen atoms in total. The molecular formula is C21H25N3O3S. The average molecular weight is 400 g/mol. The molecule has 2 atom stereocenters. The Morgan fingerprint density at radius 2 is 1.82 bits per heavy atom. The van der Waals surface area contributed by atoms with Crippen molar-refractivity contribution in [2.24, 2.45) is 11.7 Å². The number of hydrogen-bond donors (Lipinski definition) is 2. The summed E-state index contributed by atoms with van der Waals surface area (Å²) < 4.78 is 26.7. The molecule has 148 valence electrons. The highest BCUT2D eigenvalue weighted by Gasteiger charge is 2.35. The second-order valence-electron chi connectivity index (χ2n) is 6.89. The van der Waals surface area contributed by atoms with Crippen LogP contribution in [0.2, 0.25) is 0 Å². The summed E-state index contributed by atoms with van der Waals surface area (Å²) in [6.45, 7) is 5.35. The fourth-order valence-corrected chi connectivity index (χ4v) is 4.56. The van der Waals surface area contributed by atoms with Gasteiger partial charge in [0.1, 0.15) is 0 Å². The molecule has 0 saturated carbocycles. The number of amides is 1. The van der Waals surface area contributed by atoms with Gasteiger partial charge in [-0.15, -0.1) is 6.58 Å². The Morgan fingerprint density at radius 1 is 1.14 bits per heavy atom. The highest BCUT2D eigenvalue weighted by Crippen LogP contribution is 2.32. The van der Waals surface area contributed by atoms with Gasteiger partial charge in [-0.1, -0.05) is 36.4 Å². The zero-order valence-corrected chi connectivity index (χ0v) is 16.4. The van der Waals surface area contributed by atoms with Crippen molar-refractivity contribution < 1.29 is 13.2 Å². The Bertz CT molecular complexity index is 927. The van der Waals surface area contributed by atoms with Crippen LogP contribution in [-0.4, -0.2) is 45.4 Å². The molecule has 7 heteroatoms. The molecule has 0 bridgehead atoms. The maximum Gasteiger partial charge on any atom is 0.253 e. The summed E-state index contributed by atoms with van der Waals surface area (Å²) in [6.07, 6.45) is 1.47. The minimum atomic E-state index is -3.60. The molecular weight excluding hydrogens is 374 g/mol. The van der Waals surface area contributed by atoms with E-state index in [0.29, 0.717) is 25.2 Å². The van der Waals surface area contributed by atoms with Crippen molar-refractivity contribution in [3.63, 3.8) is 0 Å². The number of carbonyl (C=O) groups excluding carboxylic acids is 1. The Labute approximate surface area is 166 Å². The van der Waals surface area contributed by atoms with Crippen molar-refractivity contribution in [1.82, 2.24) is 9.62 Å². The molecule has 1 amide bonds. The first-order chi connectivity index (χ1) is 13.5. The van der Waals surface area contributed by atoms with E-state index in [9.17, 15) is 13.2 Å². The number of sulfonamides is 1. The largest absolute Gasteiger partial charge is 0.338 e. The molecule has 1 aliphatic rings. The molecule has 0 radical (unpaired) electrons. The maximum absolute atomic E-state index is 12.9. The van der Waals surface area contributed by atoms with Crippen LogP contribution in [0.25, 0.3) is 0 Å². The summed E-state index contributed by atoms with van der Waals surface area (Å²) in [5.41, 5.74) is 7.60. The van der Waals surface area contributed by atoms with E-state index < -0.39 is 10.0 Å². The van der Waals surface area contributed by atoms with Gasteiger partial charge in [0.25, 0.3) is 5.91 Å². The summed E-state index contributed by atoms with van der Waals surface area (Å²) in [6, 6.07) is 16.1. The summed E-state index contributed by atoms with van der Waals surface area (Å²) >= 11 is 0. The van der Waals surface area contributed by atoms with Gasteiger partial charge < -0.3 is 10.6 Å². The SMILES string of the molecule is C=CCNS(=O)(=O)c1ccc(C(=O)N2C[C@@H](CN)[C@H](c3ccccc3)C2)cc1. The number of hydrogen-bond acceptors (Lipinski definition) is 4. The third-order valence-electron chi connectivity index (χ3n) is 5.09. The molecule has 3 N–H and O–H groups in total. The van der Waals surface area contributed by atoms with Crippen LogP contribution in [0.15, 0.2) is 72.1 Å². The van der Waals surface area contributed by atoms with Crippen molar-refractivity contribution >= 4 is 15.9 Å². The number of nitrogens with zero attached hydrogens (tertiary/aromatic N) is 1. The average Bonchev–Trinajstić information content (AvgIpc) is 3.17. The van der Waals surface area contributed by atoms with Crippen LogP contribution in [-0.2, 0) is 10.0 Å². The van der Waals surface area contributed by atoms with Gasteiger partial charge in [-0.25, -0.2) is 13.1 Å². The predicted molar refractivity (Wildman–Crippen MR) is 109 cm³/mol. The minimum Gasteiger partial charge on any atom is -0.338 e. The molecule has 1 heterocycles. The first-order valence-electron chi connectivity index (χ1n) is 9.21. The van der Waals surface area contributed by atoms with Crippen LogP contribution in [0.1, 0.15) is 21.8 Å². The summed E-state index contributed by atoms with van der Waals surface area (Å²) in [5, 5.41) is 0. The number of carbonyl (C=O) groups is 1. The molecule has 2 aromatic carbocycles. The fourth-order valence-electron chi connectivity index (χ4n) is 3.56. The predicted octanol–water partition coefficient (Wildman–Crippen LogP) is 1.97. The lowest BCUT2D eigenvalue weighted by molar-refractivity contribution is 0.0786. The standard InChI is InChI=1S/C21H25N3O3S/c1-2-12-23-28(26,27)19-10-8-17(9-11-19)21(25)24-14-18(13-22)20(15-24)16-6-4-3-5-7-16/h2-11,18,20,23H,1,12-15,22H2/t18-,20+/m1/s1. The lowest BCUT2D eigenvalue weighted by Crippen LogP contribution is -2.30. The third-order valence-corrected chi connectivity index (χ3v) is 6.53. The highest BCUT2D eigenvalue weighted by molar-refractivity contribution is 7.89. The van der Waals surface area contributed by atoms with Crippen molar-refractivity contribution in [2.45, 2.75) is 10.8 Å². The first kappa shape index (κ1) is 20.3. The summed E-state index contributed by atoms with van der Waals surface area (Å²) in [7, 11) is -3.60. The van der Waals surface area contributed by atoms with Gasteiger partial charge in [0, 0.05) is 31.1 Å². The van der Waals surface area contributed by atoms with Crippen molar-refractivity contribution in [2.75, 3.05) is 26.2 Å². The van der Waals surface area contributed by atoms with E-state index >= 15 is 0 Å². The lowest BCUT2D eigenvalue weighted by atomic mass is 9.89. The Morgan fingerprint density at radius 3 is 2.43 bits per heavy atom. The zero-order chi connectivity index (χ0) is 20.1. The van der Waals surface area contributed by atoms with Gasteiger partial charge in [0.2, 0.25) is 10.0 Å². The summed E-state index contributed by atoms with van der Waals surface area (Å²) in [4.78, 5) is 14.8. The van der Waals surface area contributed by atoms with Crippen LogP contribution in [0, 0.1) is 5.92 Å². The van der Waals surface area contributed by atoms with E-state index in [4.69, 9.17) is 5.73 Å². The van der Waals surface area contributed by atoms with Crippen molar-refractivity contribution in [3.8, 4) is 0 Å². The lowest BCUT2D eigenvalue weighted by Gasteiger charge is -2.17.